The highest BCUT2D eigenvalue weighted by atomic mass is 14.2. The van der Waals surface area contributed by atoms with E-state index in [2.05, 4.69) is 231 Å². The van der Waals surface area contributed by atoms with E-state index in [4.69, 9.17) is 0 Å². The molecule has 0 unspecified atom stereocenters. The van der Waals surface area contributed by atoms with Gasteiger partial charge in [-0.2, -0.15) is 0 Å². The number of rotatable bonds is 5. The van der Waals surface area contributed by atoms with E-state index in [1.165, 1.54) is 120 Å². The van der Waals surface area contributed by atoms with Crippen molar-refractivity contribution < 1.29 is 0 Å². The van der Waals surface area contributed by atoms with Crippen molar-refractivity contribution in [1.29, 1.82) is 0 Å². The van der Waals surface area contributed by atoms with Crippen LogP contribution in [0.2, 0.25) is 0 Å². The third-order valence-corrected chi connectivity index (χ3v) is 12.7. The Bertz CT molecular complexity index is 3530. The zero-order valence-electron chi connectivity index (χ0n) is 32.9. The minimum absolute atomic E-state index is 1.19. The predicted octanol–water partition coefficient (Wildman–Crippen LogP) is 16.9. The molecule has 60 heavy (non-hydrogen) atoms. The Morgan fingerprint density at radius 1 is 0.167 bits per heavy atom. The fourth-order valence-corrected chi connectivity index (χ4v) is 9.91. The van der Waals surface area contributed by atoms with Crippen LogP contribution in [0.4, 0.5) is 0 Å². The smallest absolute Gasteiger partial charge is 0.00199 e. The second-order valence-corrected chi connectivity index (χ2v) is 15.9. The summed E-state index contributed by atoms with van der Waals surface area (Å²) in [6.45, 7) is 0. The second-order valence-electron chi connectivity index (χ2n) is 15.9. The van der Waals surface area contributed by atoms with E-state index >= 15 is 0 Å². The molecule has 0 radical (unpaired) electrons. The summed E-state index contributed by atoms with van der Waals surface area (Å²) in [5.74, 6) is 0. The maximum Gasteiger partial charge on any atom is -0.00199 e. The van der Waals surface area contributed by atoms with E-state index in [0.717, 1.165) is 0 Å². The molecule has 0 aliphatic rings. The van der Waals surface area contributed by atoms with Crippen LogP contribution >= 0.6 is 0 Å². The van der Waals surface area contributed by atoms with Crippen molar-refractivity contribution >= 4 is 64.6 Å². The Hall–Kier alpha value is -7.80. The van der Waals surface area contributed by atoms with Crippen molar-refractivity contribution in [2.24, 2.45) is 0 Å². The molecule has 0 aromatic heterocycles. The van der Waals surface area contributed by atoms with Gasteiger partial charge in [-0.15, -0.1) is 0 Å². The highest BCUT2D eigenvalue weighted by molar-refractivity contribution is 6.26. The Morgan fingerprint density at radius 2 is 0.583 bits per heavy atom. The number of fused-ring (bicyclic) bond motifs is 9. The number of hydrogen-bond acceptors (Lipinski definition) is 0. The van der Waals surface area contributed by atoms with Crippen molar-refractivity contribution in [3.8, 4) is 55.6 Å². The van der Waals surface area contributed by atoms with E-state index in [1.807, 2.05) is 0 Å². The summed E-state index contributed by atoms with van der Waals surface area (Å²) in [4.78, 5) is 0. The van der Waals surface area contributed by atoms with Gasteiger partial charge in [-0.25, -0.2) is 0 Å². The van der Waals surface area contributed by atoms with Gasteiger partial charge < -0.3 is 0 Å². The molecule has 0 bridgehead atoms. The molecule has 12 aromatic carbocycles. The molecule has 12 aromatic rings. The van der Waals surface area contributed by atoms with Crippen molar-refractivity contribution in [3.05, 3.63) is 231 Å². The molecule has 0 saturated heterocycles. The lowest BCUT2D eigenvalue weighted by atomic mass is 9.82. The number of benzene rings is 12. The van der Waals surface area contributed by atoms with Crippen LogP contribution in [0, 0.1) is 0 Å². The lowest BCUT2D eigenvalue weighted by Crippen LogP contribution is -1.94. The van der Waals surface area contributed by atoms with Gasteiger partial charge in [0.2, 0.25) is 0 Å². The molecule has 0 heterocycles. The maximum absolute atomic E-state index is 2.45. The predicted molar refractivity (Wildman–Crippen MR) is 259 cm³/mol. The van der Waals surface area contributed by atoms with Crippen LogP contribution in [0.15, 0.2) is 231 Å². The summed E-state index contributed by atoms with van der Waals surface area (Å²) in [5.41, 5.74) is 12.3. The van der Waals surface area contributed by atoms with Crippen molar-refractivity contribution in [1.82, 2.24) is 0 Å². The fourth-order valence-electron chi connectivity index (χ4n) is 9.91. The highest BCUT2D eigenvalue weighted by Gasteiger charge is 2.20. The van der Waals surface area contributed by atoms with Crippen LogP contribution in [0.5, 0.6) is 0 Å². The van der Waals surface area contributed by atoms with Crippen LogP contribution in [-0.4, -0.2) is 0 Å². The molecule has 0 amide bonds. The molecule has 0 atom stereocenters. The van der Waals surface area contributed by atoms with Gasteiger partial charge in [-0.05, 0) is 132 Å². The molecule has 0 N–H and O–H groups in total. The quantitative estimate of drug-likeness (QED) is 0.121. The lowest BCUT2D eigenvalue weighted by Gasteiger charge is -2.21. The molecule has 0 heteroatoms. The van der Waals surface area contributed by atoms with Crippen LogP contribution in [0.25, 0.3) is 120 Å². The van der Waals surface area contributed by atoms with E-state index in [-0.39, 0.29) is 0 Å². The highest BCUT2D eigenvalue weighted by Crippen LogP contribution is 2.48. The summed E-state index contributed by atoms with van der Waals surface area (Å²) in [6.07, 6.45) is 0. The standard InChI is InChI=1S/C60H38/c1-2-16-42(17-3-1)59-53-24-10-12-26-55(53)60(56-27-13-11-25-54(56)59)58-38-44(43-34-36-52-50-22-7-6-20-48(50)49-21-8-9-23-51(49)57(52)37-43)33-35-47(58)41-31-29-40(30-32-41)46-28-14-18-39-15-4-5-19-45(39)46/h1-38H. The van der Waals surface area contributed by atoms with Gasteiger partial charge in [0, 0.05) is 0 Å². The fraction of sp³-hybridized carbons (Fsp3) is 0. The van der Waals surface area contributed by atoms with Gasteiger partial charge in [-0.1, -0.05) is 218 Å². The molecule has 0 spiro atoms. The molecule has 278 valence electrons. The zero-order valence-corrected chi connectivity index (χ0v) is 32.9. The van der Waals surface area contributed by atoms with E-state index in [1.54, 1.807) is 0 Å². The first-order valence-electron chi connectivity index (χ1n) is 20.8. The minimum atomic E-state index is 1.19. The molecule has 0 saturated carbocycles. The first-order chi connectivity index (χ1) is 29.8. The van der Waals surface area contributed by atoms with Gasteiger partial charge in [0.1, 0.15) is 0 Å². The van der Waals surface area contributed by atoms with E-state index in [0.29, 0.717) is 0 Å². The van der Waals surface area contributed by atoms with Gasteiger partial charge in [0.15, 0.2) is 0 Å². The van der Waals surface area contributed by atoms with Crippen LogP contribution in [-0.2, 0) is 0 Å². The molecule has 0 aliphatic heterocycles. The number of hydrogen-bond donors (Lipinski definition) is 0. The van der Waals surface area contributed by atoms with E-state index in [9.17, 15) is 0 Å². The third-order valence-electron chi connectivity index (χ3n) is 12.7. The summed E-state index contributed by atoms with van der Waals surface area (Å²) in [6, 6.07) is 85.2. The summed E-state index contributed by atoms with van der Waals surface area (Å²) < 4.78 is 0. The van der Waals surface area contributed by atoms with Crippen LogP contribution in [0.3, 0.4) is 0 Å². The average Bonchev–Trinajstić information content (AvgIpc) is 3.33. The summed E-state index contributed by atoms with van der Waals surface area (Å²) in [5, 5.41) is 15.2. The Labute approximate surface area is 349 Å². The Kier molecular flexibility index (Phi) is 7.96. The lowest BCUT2D eigenvalue weighted by molar-refractivity contribution is 1.58. The first-order valence-corrected chi connectivity index (χ1v) is 20.8. The summed E-state index contributed by atoms with van der Waals surface area (Å²) >= 11 is 0. The van der Waals surface area contributed by atoms with Crippen molar-refractivity contribution in [2.45, 2.75) is 0 Å². The van der Waals surface area contributed by atoms with Crippen LogP contribution in [0.1, 0.15) is 0 Å². The molecule has 0 aliphatic carbocycles. The first kappa shape index (κ1) is 34.3. The van der Waals surface area contributed by atoms with Crippen molar-refractivity contribution in [3.63, 3.8) is 0 Å². The maximum atomic E-state index is 2.45. The Balaban J connectivity index is 1.12. The van der Waals surface area contributed by atoms with Gasteiger partial charge in [0.25, 0.3) is 0 Å². The van der Waals surface area contributed by atoms with Crippen molar-refractivity contribution in [2.75, 3.05) is 0 Å². The van der Waals surface area contributed by atoms with E-state index < -0.39 is 0 Å². The molecule has 12 rings (SSSR count). The normalized spacial score (nSPS) is 11.7. The Morgan fingerprint density at radius 3 is 1.20 bits per heavy atom. The van der Waals surface area contributed by atoms with Gasteiger partial charge in [0.05, 0.1) is 0 Å². The third kappa shape index (κ3) is 5.46. The topological polar surface area (TPSA) is 0 Å². The van der Waals surface area contributed by atoms with Crippen LogP contribution < -0.4 is 0 Å². The molecular weight excluding hydrogens is 721 g/mol. The average molecular weight is 759 g/mol. The second kappa shape index (κ2) is 13.9. The molecule has 0 nitrogen and oxygen atoms in total. The SMILES string of the molecule is c1ccc(-c2c3ccccc3c(-c3cc(-c4ccc5c6ccccc6c6ccccc6c5c4)ccc3-c3ccc(-c4cccc5ccccc45)cc3)c3ccccc23)cc1. The summed E-state index contributed by atoms with van der Waals surface area (Å²) in [7, 11) is 0. The largest absolute Gasteiger partial charge is 0.0622 e. The van der Waals surface area contributed by atoms with Gasteiger partial charge >= 0.3 is 0 Å². The minimum Gasteiger partial charge on any atom is -0.0622 e. The zero-order chi connectivity index (χ0) is 39.6. The monoisotopic (exact) mass is 758 g/mol. The molecule has 0 fully saturated rings. The van der Waals surface area contributed by atoms with Gasteiger partial charge in [-0.3, -0.25) is 0 Å². The molecular formula is C60H38.